The molecule has 0 aliphatic heterocycles. The number of nitrogens with zero attached hydrogens (tertiary/aromatic N) is 1. The van der Waals surface area contributed by atoms with Crippen LogP contribution in [0, 0.1) is 11.3 Å². The molecule has 0 aliphatic rings. The van der Waals surface area contributed by atoms with Gasteiger partial charge in [-0.25, -0.2) is 4.79 Å². The molecule has 0 aliphatic carbocycles. The third-order valence-corrected chi connectivity index (χ3v) is 3.86. The number of alkyl carbamates (subject to hydrolysis) is 1. The minimum atomic E-state index is -0.597. The summed E-state index contributed by atoms with van der Waals surface area (Å²) < 4.78 is 11.4. The van der Waals surface area contributed by atoms with E-state index in [9.17, 15) is 10.1 Å². The molecule has 0 spiro atoms. The van der Waals surface area contributed by atoms with Gasteiger partial charge < -0.3 is 14.8 Å². The number of halogens is 2. The quantitative estimate of drug-likeness (QED) is 0.771. The molecule has 0 fully saturated rings. The molecular weight excluding hydrogens is 384 g/mol. The van der Waals surface area contributed by atoms with E-state index in [1.54, 1.807) is 13.0 Å². The van der Waals surface area contributed by atoms with Gasteiger partial charge in [0.05, 0.1) is 21.7 Å². The SMILES string of the molecule is CCOc1c(C(C)OC(=O)NC(C)(C)C)cc(Cl)c(C#N)c1Br. The van der Waals surface area contributed by atoms with E-state index in [2.05, 4.69) is 21.2 Å². The first-order valence-corrected chi connectivity index (χ1v) is 8.31. The second kappa shape index (κ2) is 7.89. The number of nitrogens with one attached hydrogen (secondary N) is 1. The Kier molecular flexibility index (Phi) is 6.72. The van der Waals surface area contributed by atoms with E-state index in [0.29, 0.717) is 22.4 Å². The van der Waals surface area contributed by atoms with Crippen molar-refractivity contribution in [3.05, 3.63) is 26.7 Å². The van der Waals surface area contributed by atoms with E-state index in [1.165, 1.54) is 0 Å². The Morgan fingerprint density at radius 1 is 1.52 bits per heavy atom. The zero-order valence-corrected chi connectivity index (χ0v) is 16.1. The Morgan fingerprint density at radius 3 is 2.61 bits per heavy atom. The van der Waals surface area contributed by atoms with Gasteiger partial charge in [-0.15, -0.1) is 0 Å². The van der Waals surface area contributed by atoms with Gasteiger partial charge >= 0.3 is 6.09 Å². The highest BCUT2D eigenvalue weighted by molar-refractivity contribution is 9.10. The van der Waals surface area contributed by atoms with Gasteiger partial charge in [-0.1, -0.05) is 11.6 Å². The number of ether oxygens (including phenoxy) is 2. The molecular formula is C16H20BrClN2O3. The number of hydrogen-bond acceptors (Lipinski definition) is 4. The highest BCUT2D eigenvalue weighted by Gasteiger charge is 2.24. The molecule has 0 saturated heterocycles. The largest absolute Gasteiger partial charge is 0.492 e. The normalized spacial score (nSPS) is 12.3. The summed E-state index contributed by atoms with van der Waals surface area (Å²) in [4.78, 5) is 11.9. The van der Waals surface area contributed by atoms with Gasteiger partial charge in [0.2, 0.25) is 0 Å². The third-order valence-electron chi connectivity index (χ3n) is 2.80. The van der Waals surface area contributed by atoms with Gasteiger partial charge in [0.25, 0.3) is 0 Å². The zero-order chi connectivity index (χ0) is 17.8. The molecule has 1 unspecified atom stereocenters. The van der Waals surface area contributed by atoms with Crippen molar-refractivity contribution in [2.75, 3.05) is 6.61 Å². The zero-order valence-electron chi connectivity index (χ0n) is 13.8. The number of carbonyl (C=O) groups is 1. The molecule has 5 nitrogen and oxygen atoms in total. The Balaban J connectivity index is 3.16. The van der Waals surface area contributed by atoms with Crippen LogP contribution in [0.15, 0.2) is 10.5 Å². The van der Waals surface area contributed by atoms with Crippen molar-refractivity contribution in [3.8, 4) is 11.8 Å². The average molecular weight is 404 g/mol. The van der Waals surface area contributed by atoms with Gasteiger partial charge in [0.1, 0.15) is 17.9 Å². The molecule has 126 valence electrons. The van der Waals surface area contributed by atoms with Crippen LogP contribution in [0.2, 0.25) is 5.02 Å². The number of amides is 1. The van der Waals surface area contributed by atoms with Crippen LogP contribution < -0.4 is 10.1 Å². The van der Waals surface area contributed by atoms with Crippen LogP contribution in [0.4, 0.5) is 4.79 Å². The molecule has 1 rings (SSSR count). The first-order valence-electron chi connectivity index (χ1n) is 7.14. The molecule has 1 aromatic rings. The molecule has 23 heavy (non-hydrogen) atoms. The number of rotatable bonds is 4. The van der Waals surface area contributed by atoms with Crippen molar-refractivity contribution < 1.29 is 14.3 Å². The topological polar surface area (TPSA) is 71.3 Å². The average Bonchev–Trinajstić information content (AvgIpc) is 2.39. The maximum absolute atomic E-state index is 11.9. The van der Waals surface area contributed by atoms with Crippen LogP contribution in [0.3, 0.4) is 0 Å². The standard InChI is InChI=1S/C16H20BrClN2O3/c1-6-22-14-10(7-12(18)11(8-19)13(14)17)9(2)23-15(21)20-16(3,4)5/h7,9H,6H2,1-5H3,(H,20,21). The van der Waals surface area contributed by atoms with Crippen LogP contribution in [-0.2, 0) is 4.74 Å². The van der Waals surface area contributed by atoms with Gasteiger partial charge in [-0.05, 0) is 56.6 Å². The van der Waals surface area contributed by atoms with Gasteiger partial charge in [0, 0.05) is 11.1 Å². The Bertz CT molecular complexity index is 636. The molecule has 0 heterocycles. The summed E-state index contributed by atoms with van der Waals surface area (Å²) in [5.41, 5.74) is 0.472. The molecule has 1 N–H and O–H groups in total. The molecule has 7 heteroatoms. The minimum absolute atomic E-state index is 0.268. The fraction of sp³-hybridized carbons (Fsp3) is 0.500. The Morgan fingerprint density at radius 2 is 2.13 bits per heavy atom. The molecule has 0 radical (unpaired) electrons. The second-order valence-electron chi connectivity index (χ2n) is 5.93. The smallest absolute Gasteiger partial charge is 0.408 e. The van der Waals surface area contributed by atoms with E-state index in [-0.39, 0.29) is 10.6 Å². The van der Waals surface area contributed by atoms with Crippen molar-refractivity contribution in [3.63, 3.8) is 0 Å². The van der Waals surface area contributed by atoms with Crippen LogP contribution >= 0.6 is 27.5 Å². The maximum Gasteiger partial charge on any atom is 0.408 e. The van der Waals surface area contributed by atoms with Crippen LogP contribution in [0.1, 0.15) is 51.8 Å². The Labute approximate surface area is 150 Å². The predicted molar refractivity (Wildman–Crippen MR) is 92.8 cm³/mol. The minimum Gasteiger partial charge on any atom is -0.492 e. The molecule has 0 saturated carbocycles. The van der Waals surface area contributed by atoms with Crippen molar-refractivity contribution >= 4 is 33.6 Å². The highest BCUT2D eigenvalue weighted by Crippen LogP contribution is 2.40. The molecule has 0 bridgehead atoms. The van der Waals surface area contributed by atoms with E-state index < -0.39 is 17.7 Å². The van der Waals surface area contributed by atoms with Gasteiger partial charge in [-0.2, -0.15) is 5.26 Å². The summed E-state index contributed by atoms with van der Waals surface area (Å²) in [6.45, 7) is 9.53. The van der Waals surface area contributed by atoms with Crippen molar-refractivity contribution in [1.82, 2.24) is 5.32 Å². The molecule has 0 aromatic heterocycles. The fourth-order valence-corrected chi connectivity index (χ4v) is 2.89. The number of carbonyl (C=O) groups excluding carboxylic acids is 1. The van der Waals surface area contributed by atoms with Crippen molar-refractivity contribution in [2.24, 2.45) is 0 Å². The van der Waals surface area contributed by atoms with Crippen LogP contribution in [0.25, 0.3) is 0 Å². The van der Waals surface area contributed by atoms with Crippen LogP contribution in [-0.4, -0.2) is 18.2 Å². The van der Waals surface area contributed by atoms with E-state index in [1.807, 2.05) is 33.8 Å². The summed E-state index contributed by atoms with van der Waals surface area (Å²) in [6, 6.07) is 3.61. The lowest BCUT2D eigenvalue weighted by Crippen LogP contribution is -2.41. The lowest BCUT2D eigenvalue weighted by molar-refractivity contribution is 0.0983. The van der Waals surface area contributed by atoms with E-state index >= 15 is 0 Å². The number of hydrogen-bond donors (Lipinski definition) is 1. The maximum atomic E-state index is 11.9. The first-order chi connectivity index (χ1) is 10.6. The Hall–Kier alpha value is -1.45. The third kappa shape index (κ3) is 5.29. The van der Waals surface area contributed by atoms with E-state index in [0.717, 1.165) is 0 Å². The molecule has 1 amide bonds. The first kappa shape index (κ1) is 19.6. The van der Waals surface area contributed by atoms with Crippen LogP contribution in [0.5, 0.6) is 5.75 Å². The molecule has 1 atom stereocenters. The highest BCUT2D eigenvalue weighted by atomic mass is 79.9. The van der Waals surface area contributed by atoms with Crippen molar-refractivity contribution in [1.29, 1.82) is 5.26 Å². The summed E-state index contributed by atoms with van der Waals surface area (Å²) in [7, 11) is 0. The lowest BCUT2D eigenvalue weighted by atomic mass is 10.1. The second-order valence-corrected chi connectivity index (χ2v) is 7.13. The summed E-state index contributed by atoms with van der Waals surface area (Å²) in [5.74, 6) is 0.449. The van der Waals surface area contributed by atoms with E-state index in [4.69, 9.17) is 21.1 Å². The fourth-order valence-electron chi connectivity index (χ4n) is 1.87. The van der Waals surface area contributed by atoms with Gasteiger partial charge in [0.15, 0.2) is 0 Å². The monoisotopic (exact) mass is 402 g/mol. The summed E-state index contributed by atoms with van der Waals surface area (Å²) in [5, 5.41) is 12.2. The predicted octanol–water partition coefficient (Wildman–Crippen LogP) is 4.96. The number of nitriles is 1. The molecule has 1 aromatic carbocycles. The summed E-state index contributed by atoms with van der Waals surface area (Å²) >= 11 is 9.47. The lowest BCUT2D eigenvalue weighted by Gasteiger charge is -2.23. The number of benzene rings is 1. The van der Waals surface area contributed by atoms with Gasteiger partial charge in [-0.3, -0.25) is 0 Å². The van der Waals surface area contributed by atoms with Crippen molar-refractivity contribution in [2.45, 2.75) is 46.3 Å². The summed E-state index contributed by atoms with van der Waals surface area (Å²) in [6.07, 6.45) is -1.13.